The largest absolute Gasteiger partial charge is 0.494 e. The molecule has 0 aliphatic rings. The zero-order valence-electron chi connectivity index (χ0n) is 15.7. The molecule has 0 saturated carbocycles. The van der Waals surface area contributed by atoms with Crippen molar-refractivity contribution in [1.29, 1.82) is 0 Å². The molecule has 6 heteroatoms. The Kier molecular flexibility index (Phi) is 11.1. The van der Waals surface area contributed by atoms with Gasteiger partial charge in [-0.05, 0) is 37.8 Å². The number of nitrogens with zero attached hydrogens (tertiary/aromatic N) is 1. The zero-order valence-corrected chi connectivity index (χ0v) is 16.5. The molecule has 2 N–H and O–H groups in total. The summed E-state index contributed by atoms with van der Waals surface area (Å²) in [6.45, 7) is 6.83. The highest BCUT2D eigenvalue weighted by Crippen LogP contribution is 2.14. The smallest absolute Gasteiger partial charge is 0.222 e. The molecular formula is C19H31ClN2O3. The topological polar surface area (TPSA) is 72.6 Å². The van der Waals surface area contributed by atoms with Crippen molar-refractivity contribution in [3.63, 3.8) is 0 Å². The minimum atomic E-state index is 0. The average Bonchev–Trinajstić information content (AvgIpc) is 2.56. The molecule has 25 heavy (non-hydrogen) atoms. The van der Waals surface area contributed by atoms with Crippen LogP contribution in [0.1, 0.15) is 50.4 Å². The lowest BCUT2D eigenvalue weighted by Crippen LogP contribution is -2.34. The van der Waals surface area contributed by atoms with Gasteiger partial charge in [0.2, 0.25) is 5.91 Å². The molecule has 0 aliphatic carbocycles. The maximum Gasteiger partial charge on any atom is 0.222 e. The van der Waals surface area contributed by atoms with Gasteiger partial charge >= 0.3 is 0 Å². The summed E-state index contributed by atoms with van der Waals surface area (Å²) in [5, 5.41) is 0. The second-order valence-electron chi connectivity index (χ2n) is 6.55. The van der Waals surface area contributed by atoms with E-state index >= 15 is 0 Å². The van der Waals surface area contributed by atoms with Crippen molar-refractivity contribution in [2.45, 2.75) is 46.1 Å². The Labute approximate surface area is 157 Å². The van der Waals surface area contributed by atoms with E-state index in [-0.39, 0.29) is 30.1 Å². The Morgan fingerprint density at radius 3 is 2.56 bits per heavy atom. The minimum Gasteiger partial charge on any atom is -0.494 e. The molecule has 0 saturated heterocycles. The second-order valence-corrected chi connectivity index (χ2v) is 6.55. The van der Waals surface area contributed by atoms with E-state index in [1.165, 1.54) is 6.92 Å². The summed E-state index contributed by atoms with van der Waals surface area (Å²) in [7, 11) is 1.81. The van der Waals surface area contributed by atoms with Gasteiger partial charge in [0.1, 0.15) is 5.75 Å². The van der Waals surface area contributed by atoms with Crippen molar-refractivity contribution in [2.24, 2.45) is 11.7 Å². The number of ether oxygens (including phenoxy) is 1. The van der Waals surface area contributed by atoms with Crippen LogP contribution in [0.25, 0.3) is 0 Å². The Bertz CT molecular complexity index is 549. The average molecular weight is 371 g/mol. The lowest BCUT2D eigenvalue weighted by atomic mass is 10.0. The van der Waals surface area contributed by atoms with Crippen LogP contribution in [0.4, 0.5) is 0 Å². The SMILES string of the molecule is CC(=O)c1cccc(OCCCC(=O)N(C)CCC(N)C(C)C)c1.Cl. The molecular weight excluding hydrogens is 340 g/mol. The van der Waals surface area contributed by atoms with E-state index in [0.29, 0.717) is 43.2 Å². The number of Topliss-reactive ketones (excluding diaryl/α,β-unsaturated/α-hetero) is 1. The van der Waals surface area contributed by atoms with Crippen molar-refractivity contribution >= 4 is 24.1 Å². The summed E-state index contributed by atoms with van der Waals surface area (Å²) in [4.78, 5) is 25.1. The van der Waals surface area contributed by atoms with Crippen LogP contribution in [0, 0.1) is 5.92 Å². The molecule has 0 spiro atoms. The predicted octanol–water partition coefficient (Wildman–Crippen LogP) is 3.30. The minimum absolute atomic E-state index is 0. The summed E-state index contributed by atoms with van der Waals surface area (Å²) >= 11 is 0. The number of hydrogen-bond donors (Lipinski definition) is 1. The van der Waals surface area contributed by atoms with Gasteiger partial charge in [0, 0.05) is 31.6 Å². The van der Waals surface area contributed by atoms with Gasteiger partial charge in [-0.25, -0.2) is 0 Å². The second kappa shape index (κ2) is 11.9. The Hall–Kier alpha value is -1.59. The number of nitrogens with two attached hydrogens (primary N) is 1. The number of amides is 1. The summed E-state index contributed by atoms with van der Waals surface area (Å²) < 4.78 is 5.61. The molecule has 1 atom stereocenters. The number of ketones is 1. The third-order valence-electron chi connectivity index (χ3n) is 4.12. The number of halogens is 1. The van der Waals surface area contributed by atoms with E-state index in [9.17, 15) is 9.59 Å². The first-order chi connectivity index (χ1) is 11.3. The van der Waals surface area contributed by atoms with Gasteiger partial charge in [-0.1, -0.05) is 26.0 Å². The molecule has 1 amide bonds. The van der Waals surface area contributed by atoms with E-state index in [2.05, 4.69) is 13.8 Å². The lowest BCUT2D eigenvalue weighted by Gasteiger charge is -2.21. The lowest BCUT2D eigenvalue weighted by molar-refractivity contribution is -0.130. The maximum atomic E-state index is 12.1. The summed E-state index contributed by atoms with van der Waals surface area (Å²) in [6.07, 6.45) is 1.90. The van der Waals surface area contributed by atoms with E-state index in [4.69, 9.17) is 10.5 Å². The van der Waals surface area contributed by atoms with Crippen LogP contribution in [0.5, 0.6) is 5.75 Å². The third kappa shape index (κ3) is 8.89. The normalized spacial score (nSPS) is 11.6. The molecule has 0 heterocycles. The van der Waals surface area contributed by atoms with Gasteiger partial charge < -0.3 is 15.4 Å². The molecule has 0 bridgehead atoms. The Balaban J connectivity index is 0.00000576. The van der Waals surface area contributed by atoms with E-state index in [0.717, 1.165) is 6.42 Å². The highest BCUT2D eigenvalue weighted by Gasteiger charge is 2.12. The van der Waals surface area contributed by atoms with Crippen molar-refractivity contribution in [2.75, 3.05) is 20.2 Å². The van der Waals surface area contributed by atoms with E-state index in [1.807, 2.05) is 13.1 Å². The molecule has 0 aromatic heterocycles. The van der Waals surface area contributed by atoms with Gasteiger partial charge in [-0.15, -0.1) is 12.4 Å². The van der Waals surface area contributed by atoms with Crippen molar-refractivity contribution in [3.8, 4) is 5.75 Å². The fraction of sp³-hybridized carbons (Fsp3) is 0.579. The van der Waals surface area contributed by atoms with Crippen LogP contribution in [0.2, 0.25) is 0 Å². The number of rotatable bonds is 10. The third-order valence-corrected chi connectivity index (χ3v) is 4.12. The zero-order chi connectivity index (χ0) is 18.1. The fourth-order valence-electron chi connectivity index (χ4n) is 2.21. The Morgan fingerprint density at radius 2 is 1.96 bits per heavy atom. The number of hydrogen-bond acceptors (Lipinski definition) is 4. The summed E-state index contributed by atoms with van der Waals surface area (Å²) in [5.74, 6) is 1.20. The fourth-order valence-corrected chi connectivity index (χ4v) is 2.21. The highest BCUT2D eigenvalue weighted by molar-refractivity contribution is 5.94. The number of carbonyl (C=O) groups is 2. The first-order valence-electron chi connectivity index (χ1n) is 8.54. The van der Waals surface area contributed by atoms with Crippen LogP contribution < -0.4 is 10.5 Å². The summed E-state index contributed by atoms with van der Waals surface area (Å²) in [6, 6.07) is 7.22. The van der Waals surface area contributed by atoms with Crippen molar-refractivity contribution < 1.29 is 14.3 Å². The first-order valence-corrected chi connectivity index (χ1v) is 8.54. The van der Waals surface area contributed by atoms with E-state index in [1.54, 1.807) is 23.1 Å². The predicted molar refractivity (Wildman–Crippen MR) is 103 cm³/mol. The van der Waals surface area contributed by atoms with Crippen molar-refractivity contribution in [3.05, 3.63) is 29.8 Å². The van der Waals surface area contributed by atoms with Crippen LogP contribution in [0.15, 0.2) is 24.3 Å². The van der Waals surface area contributed by atoms with Crippen LogP contribution >= 0.6 is 12.4 Å². The monoisotopic (exact) mass is 370 g/mol. The molecule has 1 rings (SSSR count). The van der Waals surface area contributed by atoms with Crippen LogP contribution in [-0.2, 0) is 4.79 Å². The van der Waals surface area contributed by atoms with Gasteiger partial charge in [0.05, 0.1) is 6.61 Å². The standard InChI is InChI=1S/C19H30N2O3.ClH/c1-14(2)18(20)10-11-21(4)19(23)9-6-12-24-17-8-5-7-16(13-17)15(3)22;/h5,7-8,13-14,18H,6,9-12,20H2,1-4H3;1H. The molecule has 0 fully saturated rings. The van der Waals surface area contributed by atoms with Crippen LogP contribution in [-0.4, -0.2) is 42.8 Å². The van der Waals surface area contributed by atoms with Gasteiger partial charge in [0.25, 0.3) is 0 Å². The van der Waals surface area contributed by atoms with Gasteiger partial charge in [-0.2, -0.15) is 0 Å². The maximum absolute atomic E-state index is 12.1. The molecule has 0 aliphatic heterocycles. The molecule has 0 radical (unpaired) electrons. The first kappa shape index (κ1) is 23.4. The molecule has 1 aromatic rings. The highest BCUT2D eigenvalue weighted by atomic mass is 35.5. The quantitative estimate of drug-likeness (QED) is 0.506. The molecule has 1 unspecified atom stereocenters. The number of carbonyl (C=O) groups excluding carboxylic acids is 2. The van der Waals surface area contributed by atoms with Gasteiger partial charge in [-0.3, -0.25) is 9.59 Å². The van der Waals surface area contributed by atoms with Crippen LogP contribution in [0.3, 0.4) is 0 Å². The van der Waals surface area contributed by atoms with E-state index < -0.39 is 0 Å². The number of benzene rings is 1. The molecule has 1 aromatic carbocycles. The molecule has 142 valence electrons. The molecule has 5 nitrogen and oxygen atoms in total. The summed E-state index contributed by atoms with van der Waals surface area (Å²) in [5.41, 5.74) is 6.63. The van der Waals surface area contributed by atoms with Gasteiger partial charge in [0.15, 0.2) is 5.78 Å². The Morgan fingerprint density at radius 1 is 1.28 bits per heavy atom. The van der Waals surface area contributed by atoms with Crippen molar-refractivity contribution in [1.82, 2.24) is 4.90 Å².